The highest BCUT2D eigenvalue weighted by Crippen LogP contribution is 2.37. The van der Waals surface area contributed by atoms with Crippen LogP contribution in [0, 0.1) is 17.8 Å². The van der Waals surface area contributed by atoms with Gasteiger partial charge in [-0.1, -0.05) is 25.4 Å². The van der Waals surface area contributed by atoms with Crippen molar-refractivity contribution in [2.45, 2.75) is 20.3 Å². The molecule has 2 fully saturated rings. The smallest absolute Gasteiger partial charge is 0.254 e. The van der Waals surface area contributed by atoms with E-state index in [0.29, 0.717) is 46.4 Å². The Balaban J connectivity index is 1.73. The first-order chi connectivity index (χ1) is 12.0. The summed E-state index contributed by atoms with van der Waals surface area (Å²) < 4.78 is 11.2. The van der Waals surface area contributed by atoms with Gasteiger partial charge in [0.2, 0.25) is 0 Å². The van der Waals surface area contributed by atoms with E-state index >= 15 is 0 Å². The first kappa shape index (κ1) is 18.3. The molecule has 0 aromatic heterocycles. The molecule has 5 nitrogen and oxygen atoms in total. The van der Waals surface area contributed by atoms with Gasteiger partial charge in [0.1, 0.15) is 0 Å². The van der Waals surface area contributed by atoms with Gasteiger partial charge in [0.05, 0.1) is 18.7 Å². The predicted molar refractivity (Wildman–Crippen MR) is 98.7 cm³/mol. The Hall–Kier alpha value is -1.46. The molecule has 6 heteroatoms. The maximum Gasteiger partial charge on any atom is 0.254 e. The van der Waals surface area contributed by atoms with Crippen molar-refractivity contribution in [1.82, 2.24) is 10.2 Å². The van der Waals surface area contributed by atoms with Gasteiger partial charge < -0.3 is 19.7 Å². The lowest BCUT2D eigenvalue weighted by Gasteiger charge is -2.19. The van der Waals surface area contributed by atoms with Crippen molar-refractivity contribution < 1.29 is 14.3 Å². The van der Waals surface area contributed by atoms with Crippen LogP contribution in [0.2, 0.25) is 5.02 Å². The zero-order chi connectivity index (χ0) is 18.0. The number of likely N-dealkylation sites (tertiary alicyclic amines) is 1. The summed E-state index contributed by atoms with van der Waals surface area (Å²) in [6, 6.07) is 3.44. The highest BCUT2D eigenvalue weighted by atomic mass is 35.5. The summed E-state index contributed by atoms with van der Waals surface area (Å²) in [5, 5.41) is 3.81. The number of carbonyl (C=O) groups excluding carboxylic acids is 1. The van der Waals surface area contributed by atoms with Gasteiger partial charge >= 0.3 is 0 Å². The lowest BCUT2D eigenvalue weighted by Crippen LogP contribution is -2.31. The average molecular weight is 367 g/mol. The number of nitrogens with one attached hydrogen (secondary N) is 1. The molecule has 3 rings (SSSR count). The largest absolute Gasteiger partial charge is 0.493 e. The summed E-state index contributed by atoms with van der Waals surface area (Å²) in [6.45, 7) is 8.48. The van der Waals surface area contributed by atoms with Crippen LogP contribution in [0.25, 0.3) is 0 Å². The number of hydrogen-bond donors (Lipinski definition) is 1. The molecule has 2 aliphatic heterocycles. The van der Waals surface area contributed by atoms with E-state index in [9.17, 15) is 4.79 Å². The lowest BCUT2D eigenvalue weighted by atomic mass is 10.0. The second-order valence-electron chi connectivity index (χ2n) is 7.41. The molecule has 1 N–H and O–H groups in total. The number of hydrogen-bond acceptors (Lipinski definition) is 4. The molecule has 138 valence electrons. The topological polar surface area (TPSA) is 50.8 Å². The Bertz CT molecular complexity index is 623. The van der Waals surface area contributed by atoms with E-state index in [-0.39, 0.29) is 5.91 Å². The summed E-state index contributed by atoms with van der Waals surface area (Å²) >= 11 is 6.39. The summed E-state index contributed by atoms with van der Waals surface area (Å²) in [6.07, 6.45) is 0.935. The monoisotopic (exact) mass is 366 g/mol. The van der Waals surface area contributed by atoms with Crippen LogP contribution in [0.3, 0.4) is 0 Å². The molecule has 0 radical (unpaired) electrons. The predicted octanol–water partition coefficient (Wildman–Crippen LogP) is 3.06. The second kappa shape index (κ2) is 7.83. The molecular weight excluding hydrogens is 340 g/mol. The summed E-state index contributed by atoms with van der Waals surface area (Å²) in [5.74, 6) is 2.74. The van der Waals surface area contributed by atoms with E-state index in [1.807, 2.05) is 4.90 Å². The van der Waals surface area contributed by atoms with E-state index in [0.717, 1.165) is 32.6 Å². The van der Waals surface area contributed by atoms with Crippen molar-refractivity contribution in [3.63, 3.8) is 0 Å². The molecule has 0 bridgehead atoms. The van der Waals surface area contributed by atoms with E-state index in [1.165, 1.54) is 0 Å². The number of methoxy groups -OCH3 is 1. The van der Waals surface area contributed by atoms with Crippen LogP contribution in [0.1, 0.15) is 30.6 Å². The third-order valence-corrected chi connectivity index (χ3v) is 5.38. The van der Waals surface area contributed by atoms with Crippen molar-refractivity contribution in [2.75, 3.05) is 39.9 Å². The molecule has 2 atom stereocenters. The summed E-state index contributed by atoms with van der Waals surface area (Å²) in [5.41, 5.74) is 0.561. The fourth-order valence-corrected chi connectivity index (χ4v) is 3.85. The number of halogens is 1. The summed E-state index contributed by atoms with van der Waals surface area (Å²) in [7, 11) is 1.57. The minimum atomic E-state index is 0.0170. The maximum absolute atomic E-state index is 12.9. The zero-order valence-corrected chi connectivity index (χ0v) is 15.9. The van der Waals surface area contributed by atoms with E-state index in [4.69, 9.17) is 21.1 Å². The van der Waals surface area contributed by atoms with E-state index in [1.54, 1.807) is 19.2 Å². The fraction of sp³-hybridized carbons (Fsp3) is 0.632. The Morgan fingerprint density at radius 1 is 1.32 bits per heavy atom. The Labute approximate surface area is 154 Å². The number of benzene rings is 1. The van der Waals surface area contributed by atoms with Crippen LogP contribution in [0.5, 0.6) is 11.5 Å². The number of amides is 1. The molecular formula is C19H27ClN2O3. The van der Waals surface area contributed by atoms with Gasteiger partial charge in [0.15, 0.2) is 11.5 Å². The zero-order valence-electron chi connectivity index (χ0n) is 15.2. The molecule has 1 amide bonds. The summed E-state index contributed by atoms with van der Waals surface area (Å²) in [4.78, 5) is 14.8. The fourth-order valence-electron chi connectivity index (χ4n) is 3.58. The average Bonchev–Trinajstić information content (AvgIpc) is 3.16. The molecule has 25 heavy (non-hydrogen) atoms. The van der Waals surface area contributed by atoms with Crippen molar-refractivity contribution in [3.05, 3.63) is 22.7 Å². The van der Waals surface area contributed by atoms with Crippen LogP contribution in [-0.2, 0) is 0 Å². The highest BCUT2D eigenvalue weighted by molar-refractivity contribution is 6.32. The van der Waals surface area contributed by atoms with Gasteiger partial charge in [-0.15, -0.1) is 0 Å². The molecule has 0 saturated carbocycles. The van der Waals surface area contributed by atoms with Gasteiger partial charge in [-0.3, -0.25) is 4.79 Å². The van der Waals surface area contributed by atoms with Crippen LogP contribution in [0.4, 0.5) is 0 Å². The minimum Gasteiger partial charge on any atom is -0.493 e. The normalized spacial score (nSPS) is 22.4. The van der Waals surface area contributed by atoms with E-state index in [2.05, 4.69) is 19.2 Å². The quantitative estimate of drug-likeness (QED) is 0.840. The van der Waals surface area contributed by atoms with Gasteiger partial charge in [-0.05, 0) is 36.3 Å². The third kappa shape index (κ3) is 4.04. The van der Waals surface area contributed by atoms with Gasteiger partial charge in [-0.2, -0.15) is 0 Å². The van der Waals surface area contributed by atoms with Crippen molar-refractivity contribution >= 4 is 17.5 Å². The van der Waals surface area contributed by atoms with Crippen LogP contribution in [0.15, 0.2) is 12.1 Å². The van der Waals surface area contributed by atoms with Crippen molar-refractivity contribution in [3.8, 4) is 11.5 Å². The first-order valence-electron chi connectivity index (χ1n) is 9.00. The number of nitrogens with zero attached hydrogens (tertiary/aromatic N) is 1. The molecule has 0 aliphatic carbocycles. The van der Waals surface area contributed by atoms with Crippen molar-refractivity contribution in [1.29, 1.82) is 0 Å². The van der Waals surface area contributed by atoms with Crippen LogP contribution in [-0.4, -0.2) is 50.7 Å². The molecule has 0 spiro atoms. The number of ether oxygens (including phenoxy) is 2. The number of carbonyl (C=O) groups is 1. The lowest BCUT2D eigenvalue weighted by molar-refractivity contribution is 0.0781. The Morgan fingerprint density at radius 2 is 2.00 bits per heavy atom. The second-order valence-corrected chi connectivity index (χ2v) is 7.82. The van der Waals surface area contributed by atoms with Crippen LogP contribution < -0.4 is 14.8 Å². The molecule has 0 unspecified atom stereocenters. The van der Waals surface area contributed by atoms with Crippen molar-refractivity contribution in [2.24, 2.45) is 17.8 Å². The number of fused-ring (bicyclic) bond motifs is 1. The van der Waals surface area contributed by atoms with Gasteiger partial charge in [0, 0.05) is 31.7 Å². The number of rotatable bonds is 6. The standard InChI is InChI=1S/C19H27ClN2O3/c1-12(2)4-5-25-18-16(20)6-13(7-17(18)24-3)19(23)22-10-14-8-21-9-15(14)11-22/h6-7,12,14-15,21H,4-5,8-11H2,1-3H3/t14-,15+. The molecule has 1 aromatic rings. The molecule has 2 saturated heterocycles. The molecule has 2 aliphatic rings. The van der Waals surface area contributed by atoms with Gasteiger partial charge in [0.25, 0.3) is 5.91 Å². The Morgan fingerprint density at radius 3 is 2.60 bits per heavy atom. The van der Waals surface area contributed by atoms with Gasteiger partial charge in [-0.25, -0.2) is 0 Å². The SMILES string of the molecule is COc1cc(C(=O)N2C[C@H]3CNC[C@H]3C2)cc(Cl)c1OCCC(C)C. The Kier molecular flexibility index (Phi) is 5.74. The van der Waals surface area contributed by atoms with E-state index < -0.39 is 0 Å². The maximum atomic E-state index is 12.9. The van der Waals surface area contributed by atoms with Crippen LogP contribution >= 0.6 is 11.6 Å². The molecule has 1 aromatic carbocycles. The third-order valence-electron chi connectivity index (χ3n) is 5.09. The molecule has 2 heterocycles. The highest BCUT2D eigenvalue weighted by Gasteiger charge is 2.38. The first-order valence-corrected chi connectivity index (χ1v) is 9.37. The minimum absolute atomic E-state index is 0.0170.